The van der Waals surface area contributed by atoms with Crippen molar-refractivity contribution in [1.82, 2.24) is 16.0 Å². The molecule has 2 amide bonds. The molecule has 0 aromatic heterocycles. The Morgan fingerprint density at radius 3 is 2.00 bits per heavy atom. The van der Waals surface area contributed by atoms with Gasteiger partial charge in [-0.25, -0.2) is 8.42 Å². The molecule has 0 heterocycles. The van der Waals surface area contributed by atoms with Crippen molar-refractivity contribution < 1.29 is 27.9 Å². The second kappa shape index (κ2) is 16.9. The van der Waals surface area contributed by atoms with Crippen LogP contribution in [0.4, 0.5) is 5.69 Å². The molecule has 0 bridgehead atoms. The van der Waals surface area contributed by atoms with Crippen LogP contribution >= 0.6 is 0 Å². The molecule has 4 rings (SSSR count). The second-order valence-electron chi connectivity index (χ2n) is 11.7. The van der Waals surface area contributed by atoms with E-state index < -0.39 is 34.0 Å². The first-order valence-electron chi connectivity index (χ1n) is 15.8. The maximum absolute atomic E-state index is 13.8. The zero-order chi connectivity index (χ0) is 34.7. The number of nitrogens with one attached hydrogen (secondary N) is 3. The van der Waals surface area contributed by atoms with Crippen LogP contribution in [0.25, 0.3) is 0 Å². The molecule has 4 aromatic rings. The summed E-state index contributed by atoms with van der Waals surface area (Å²) in [5.41, 5.74) is 3.28. The summed E-state index contributed by atoms with van der Waals surface area (Å²) in [4.78, 5) is 27.2. The van der Waals surface area contributed by atoms with Crippen LogP contribution in [0.1, 0.15) is 50.4 Å². The Kier molecular flexibility index (Phi) is 12.7. The highest BCUT2D eigenvalue weighted by Crippen LogP contribution is 2.22. The lowest BCUT2D eigenvalue weighted by Crippen LogP contribution is -2.49. The summed E-state index contributed by atoms with van der Waals surface area (Å²) in [5.74, 6) is -0.238. The van der Waals surface area contributed by atoms with Gasteiger partial charge in [-0.1, -0.05) is 72.8 Å². The summed E-state index contributed by atoms with van der Waals surface area (Å²) in [6.07, 6.45) is 1.17. The number of carbonyl (C=O) groups excluding carboxylic acids is 2. The second-order valence-corrected chi connectivity index (χ2v) is 13.8. The summed E-state index contributed by atoms with van der Waals surface area (Å²) in [7, 11) is -0.722. The normalized spacial score (nSPS) is 13.2. The van der Waals surface area contributed by atoms with Gasteiger partial charge in [0.25, 0.3) is 11.8 Å². The molecule has 0 fully saturated rings. The SMILES string of the molecule is COc1ccc(CCNCC(O)C(Cc2ccccc2)NC(=O)c2cc(C(=O)NC(C)c3ccccc3)cc(N(C)S(C)(=O)=O)c2)cc1. The fraction of sp³-hybridized carbons (Fsp3) is 0.297. The number of aliphatic hydroxyl groups excluding tert-OH is 1. The molecule has 0 aliphatic carbocycles. The van der Waals surface area contributed by atoms with Gasteiger partial charge in [-0.15, -0.1) is 0 Å². The topological polar surface area (TPSA) is 137 Å². The van der Waals surface area contributed by atoms with Gasteiger partial charge in [0.05, 0.1) is 37.2 Å². The number of benzene rings is 4. The lowest BCUT2D eigenvalue weighted by Gasteiger charge is -2.25. The lowest BCUT2D eigenvalue weighted by molar-refractivity contribution is 0.0831. The smallest absolute Gasteiger partial charge is 0.251 e. The van der Waals surface area contributed by atoms with Crippen LogP contribution in [0, 0.1) is 0 Å². The Morgan fingerprint density at radius 2 is 1.42 bits per heavy atom. The monoisotopic (exact) mass is 672 g/mol. The Bertz CT molecular complexity index is 1750. The van der Waals surface area contributed by atoms with E-state index in [1.807, 2.05) is 91.9 Å². The number of methoxy groups -OCH3 is 1. The van der Waals surface area contributed by atoms with Gasteiger partial charge >= 0.3 is 0 Å². The van der Waals surface area contributed by atoms with Crippen molar-refractivity contribution in [3.63, 3.8) is 0 Å². The number of hydrogen-bond donors (Lipinski definition) is 4. The predicted octanol–water partition coefficient (Wildman–Crippen LogP) is 4.12. The average molecular weight is 673 g/mol. The van der Waals surface area contributed by atoms with Gasteiger partial charge in [-0.3, -0.25) is 13.9 Å². The van der Waals surface area contributed by atoms with Gasteiger partial charge in [-0.05, 0) is 73.3 Å². The molecule has 3 unspecified atom stereocenters. The van der Waals surface area contributed by atoms with Crippen molar-refractivity contribution in [2.75, 3.05) is 37.8 Å². The third kappa shape index (κ3) is 10.4. The van der Waals surface area contributed by atoms with Gasteiger partial charge in [0.1, 0.15) is 5.75 Å². The van der Waals surface area contributed by atoms with E-state index in [9.17, 15) is 23.1 Å². The zero-order valence-corrected chi connectivity index (χ0v) is 28.5. The molecule has 11 heteroatoms. The van der Waals surface area contributed by atoms with Crippen molar-refractivity contribution >= 4 is 27.5 Å². The van der Waals surface area contributed by atoms with Gasteiger partial charge in [0.2, 0.25) is 10.0 Å². The van der Waals surface area contributed by atoms with Crippen LogP contribution in [0.15, 0.2) is 103 Å². The maximum atomic E-state index is 13.8. The summed E-state index contributed by atoms with van der Waals surface area (Å²) >= 11 is 0. The van der Waals surface area contributed by atoms with E-state index in [1.54, 1.807) is 7.11 Å². The van der Waals surface area contributed by atoms with E-state index >= 15 is 0 Å². The van der Waals surface area contributed by atoms with Crippen LogP contribution in [0.3, 0.4) is 0 Å². The molecular formula is C37H44N4O6S. The number of amides is 2. The molecule has 0 spiro atoms. The van der Waals surface area contributed by atoms with Crippen LogP contribution in [0.5, 0.6) is 5.75 Å². The molecule has 254 valence electrons. The van der Waals surface area contributed by atoms with Gasteiger partial charge in [0.15, 0.2) is 0 Å². The van der Waals surface area contributed by atoms with Crippen molar-refractivity contribution in [2.45, 2.75) is 38.0 Å². The predicted molar refractivity (Wildman–Crippen MR) is 189 cm³/mol. The largest absolute Gasteiger partial charge is 0.497 e. The fourth-order valence-electron chi connectivity index (χ4n) is 5.17. The molecule has 48 heavy (non-hydrogen) atoms. The zero-order valence-electron chi connectivity index (χ0n) is 27.7. The standard InChI is InChI=1S/C37H44N4O6S/c1-26(29-13-9-6-10-14-29)39-36(43)30-22-31(24-32(23-30)41(2)48(4,45)46)37(44)40-34(21-28-11-7-5-8-12-28)35(42)25-38-20-19-27-15-17-33(47-3)18-16-27/h5-18,22-24,26,34-35,38,42H,19-21,25H2,1-4H3,(H,39,43)(H,40,44). The van der Waals surface area contributed by atoms with Crippen LogP contribution in [-0.2, 0) is 22.9 Å². The highest BCUT2D eigenvalue weighted by atomic mass is 32.2. The van der Waals surface area contributed by atoms with Gasteiger partial charge in [0, 0.05) is 24.7 Å². The highest BCUT2D eigenvalue weighted by Gasteiger charge is 2.25. The Balaban J connectivity index is 1.53. The van der Waals surface area contributed by atoms with Crippen LogP contribution in [-0.4, -0.2) is 71.0 Å². The van der Waals surface area contributed by atoms with Crippen molar-refractivity contribution in [1.29, 1.82) is 0 Å². The molecule has 4 N–H and O–H groups in total. The van der Waals surface area contributed by atoms with E-state index in [1.165, 1.54) is 25.2 Å². The number of ether oxygens (including phenoxy) is 1. The number of carbonyl (C=O) groups is 2. The highest BCUT2D eigenvalue weighted by molar-refractivity contribution is 7.92. The fourth-order valence-corrected chi connectivity index (χ4v) is 5.66. The quantitative estimate of drug-likeness (QED) is 0.132. The average Bonchev–Trinajstić information content (AvgIpc) is 3.09. The van der Waals surface area contributed by atoms with Crippen LogP contribution in [0.2, 0.25) is 0 Å². The minimum atomic E-state index is -3.71. The minimum absolute atomic E-state index is 0.0817. The van der Waals surface area contributed by atoms with E-state index in [0.717, 1.165) is 39.4 Å². The van der Waals surface area contributed by atoms with E-state index in [-0.39, 0.29) is 29.4 Å². The van der Waals surface area contributed by atoms with Crippen molar-refractivity contribution in [3.05, 3.63) is 131 Å². The van der Waals surface area contributed by atoms with Crippen molar-refractivity contribution in [3.8, 4) is 5.75 Å². The van der Waals surface area contributed by atoms with E-state index in [0.29, 0.717) is 13.0 Å². The number of nitrogens with zero attached hydrogens (tertiary/aromatic N) is 1. The Morgan fingerprint density at radius 1 is 0.833 bits per heavy atom. The number of anilines is 1. The first kappa shape index (κ1) is 36.1. The molecule has 0 saturated carbocycles. The number of rotatable bonds is 16. The number of hydrogen-bond acceptors (Lipinski definition) is 7. The molecule has 0 saturated heterocycles. The Hall–Kier alpha value is -4.71. The molecule has 10 nitrogen and oxygen atoms in total. The molecule has 0 radical (unpaired) electrons. The van der Waals surface area contributed by atoms with Gasteiger partial charge < -0.3 is 25.8 Å². The molecule has 3 atom stereocenters. The van der Waals surface area contributed by atoms with E-state index in [4.69, 9.17) is 4.74 Å². The molecular weight excluding hydrogens is 628 g/mol. The summed E-state index contributed by atoms with van der Waals surface area (Å²) < 4.78 is 31.1. The maximum Gasteiger partial charge on any atom is 0.251 e. The van der Waals surface area contributed by atoms with Crippen molar-refractivity contribution in [2.24, 2.45) is 0 Å². The molecule has 0 aliphatic heterocycles. The first-order valence-corrected chi connectivity index (χ1v) is 17.6. The summed E-state index contributed by atoms with van der Waals surface area (Å²) in [5, 5.41) is 20.4. The first-order chi connectivity index (χ1) is 22.9. The number of aliphatic hydroxyl groups is 1. The van der Waals surface area contributed by atoms with E-state index in [2.05, 4.69) is 16.0 Å². The number of sulfonamides is 1. The minimum Gasteiger partial charge on any atom is -0.497 e. The third-order valence-electron chi connectivity index (χ3n) is 8.13. The summed E-state index contributed by atoms with van der Waals surface area (Å²) in [6.45, 7) is 2.67. The van der Waals surface area contributed by atoms with Crippen LogP contribution < -0.4 is 25.0 Å². The summed E-state index contributed by atoms with van der Waals surface area (Å²) in [6, 6.07) is 30.0. The van der Waals surface area contributed by atoms with Gasteiger partial charge in [-0.2, -0.15) is 0 Å². The Labute approximate surface area is 283 Å². The molecule has 0 aliphatic rings. The third-order valence-corrected chi connectivity index (χ3v) is 9.34. The lowest BCUT2D eigenvalue weighted by atomic mass is 10.00. The molecule has 4 aromatic carbocycles.